The SMILES string of the molecule is CC(C)(S)[C@H](N)C(=O)c1ccccc1. The molecule has 0 bridgehead atoms. The minimum atomic E-state index is -0.576. The summed E-state index contributed by atoms with van der Waals surface area (Å²) in [6.45, 7) is 3.67. The molecule has 1 atom stereocenters. The van der Waals surface area contributed by atoms with Gasteiger partial charge in [-0.3, -0.25) is 4.79 Å². The van der Waals surface area contributed by atoms with Crippen LogP contribution in [0, 0.1) is 0 Å². The summed E-state index contributed by atoms with van der Waals surface area (Å²) < 4.78 is -0.493. The van der Waals surface area contributed by atoms with Crippen LogP contribution in [0.1, 0.15) is 24.2 Å². The Kier molecular flexibility index (Phi) is 3.34. The van der Waals surface area contributed by atoms with Gasteiger partial charge in [0.05, 0.1) is 6.04 Å². The van der Waals surface area contributed by atoms with Crippen LogP contribution in [0.5, 0.6) is 0 Å². The van der Waals surface area contributed by atoms with Gasteiger partial charge in [-0.15, -0.1) is 0 Å². The molecule has 1 aromatic carbocycles. The van der Waals surface area contributed by atoms with E-state index in [1.54, 1.807) is 12.1 Å². The number of ketones is 1. The van der Waals surface area contributed by atoms with Crippen LogP contribution in [0.4, 0.5) is 0 Å². The Morgan fingerprint density at radius 1 is 1.36 bits per heavy atom. The molecule has 2 N–H and O–H groups in total. The fraction of sp³-hybridized carbons (Fsp3) is 0.364. The predicted octanol–water partition coefficient (Wildman–Crippen LogP) is 1.90. The first-order chi connectivity index (χ1) is 6.43. The van der Waals surface area contributed by atoms with E-state index in [4.69, 9.17) is 5.73 Å². The second-order valence-corrected chi connectivity index (χ2v) is 5.01. The molecule has 0 unspecified atom stereocenters. The summed E-state index contributed by atoms with van der Waals surface area (Å²) in [5, 5.41) is 0. The number of Topliss-reactive ketones (excluding diaryl/α,β-unsaturated/α-hetero) is 1. The fourth-order valence-corrected chi connectivity index (χ4v) is 1.22. The van der Waals surface area contributed by atoms with Crippen molar-refractivity contribution in [3.05, 3.63) is 35.9 Å². The maximum absolute atomic E-state index is 11.8. The first-order valence-electron chi connectivity index (χ1n) is 4.50. The number of rotatable bonds is 3. The third kappa shape index (κ3) is 2.59. The minimum Gasteiger partial charge on any atom is -0.320 e. The molecule has 0 heterocycles. The summed E-state index contributed by atoms with van der Waals surface area (Å²) in [7, 11) is 0. The molecular formula is C11H15NOS. The molecule has 14 heavy (non-hydrogen) atoms. The zero-order valence-corrected chi connectivity index (χ0v) is 9.29. The van der Waals surface area contributed by atoms with E-state index in [0.717, 1.165) is 0 Å². The van der Waals surface area contributed by atoms with Gasteiger partial charge in [-0.1, -0.05) is 30.3 Å². The van der Waals surface area contributed by atoms with E-state index in [9.17, 15) is 4.79 Å². The highest BCUT2D eigenvalue weighted by Crippen LogP contribution is 2.19. The fourth-order valence-electron chi connectivity index (χ4n) is 1.10. The van der Waals surface area contributed by atoms with Gasteiger partial charge in [0.15, 0.2) is 5.78 Å². The Bertz CT molecular complexity index is 316. The van der Waals surface area contributed by atoms with Crippen molar-refractivity contribution in [3.63, 3.8) is 0 Å². The van der Waals surface area contributed by atoms with Gasteiger partial charge in [0.25, 0.3) is 0 Å². The summed E-state index contributed by atoms with van der Waals surface area (Å²) in [4.78, 5) is 11.8. The Morgan fingerprint density at radius 3 is 2.29 bits per heavy atom. The molecule has 2 nitrogen and oxygen atoms in total. The lowest BCUT2D eigenvalue weighted by molar-refractivity contribution is 0.0949. The van der Waals surface area contributed by atoms with Crippen molar-refractivity contribution in [1.29, 1.82) is 0 Å². The van der Waals surface area contributed by atoms with Gasteiger partial charge < -0.3 is 5.73 Å². The molecule has 0 amide bonds. The quantitative estimate of drug-likeness (QED) is 0.590. The molecule has 0 radical (unpaired) electrons. The van der Waals surface area contributed by atoms with Crippen LogP contribution in [-0.4, -0.2) is 16.6 Å². The second-order valence-electron chi connectivity index (χ2n) is 3.86. The molecule has 0 aromatic heterocycles. The Labute approximate surface area is 89.9 Å². The number of benzene rings is 1. The number of carbonyl (C=O) groups excluding carboxylic acids is 1. The molecule has 0 spiro atoms. The summed E-state index contributed by atoms with van der Waals surface area (Å²) in [5.41, 5.74) is 6.44. The van der Waals surface area contributed by atoms with Gasteiger partial charge in [0, 0.05) is 10.3 Å². The van der Waals surface area contributed by atoms with Gasteiger partial charge in [0.1, 0.15) is 0 Å². The largest absolute Gasteiger partial charge is 0.320 e. The highest BCUT2D eigenvalue weighted by molar-refractivity contribution is 7.81. The number of carbonyl (C=O) groups is 1. The molecule has 1 aromatic rings. The molecular weight excluding hydrogens is 194 g/mol. The van der Waals surface area contributed by atoms with E-state index in [1.807, 2.05) is 32.0 Å². The summed E-state index contributed by atoms with van der Waals surface area (Å²) in [5.74, 6) is -0.0643. The third-order valence-electron chi connectivity index (χ3n) is 2.10. The molecule has 0 aliphatic carbocycles. The summed E-state index contributed by atoms with van der Waals surface area (Å²) in [6.07, 6.45) is 0. The topological polar surface area (TPSA) is 43.1 Å². The van der Waals surface area contributed by atoms with E-state index in [1.165, 1.54) is 0 Å². The normalized spacial score (nSPS) is 13.7. The first-order valence-corrected chi connectivity index (χ1v) is 4.95. The van der Waals surface area contributed by atoms with Crippen LogP contribution < -0.4 is 5.73 Å². The smallest absolute Gasteiger partial charge is 0.180 e. The van der Waals surface area contributed by atoms with Crippen LogP contribution >= 0.6 is 12.6 Å². The van der Waals surface area contributed by atoms with E-state index < -0.39 is 10.8 Å². The zero-order chi connectivity index (χ0) is 10.8. The van der Waals surface area contributed by atoms with Gasteiger partial charge in [-0.05, 0) is 13.8 Å². The van der Waals surface area contributed by atoms with Crippen LogP contribution in [-0.2, 0) is 0 Å². The standard InChI is InChI=1S/C11H15NOS/c1-11(2,14)10(12)9(13)8-6-4-3-5-7-8/h3-7,10,14H,12H2,1-2H3/t10-/m1/s1. The maximum Gasteiger partial charge on any atom is 0.180 e. The van der Waals surface area contributed by atoms with E-state index in [-0.39, 0.29) is 5.78 Å². The number of hydrogen-bond acceptors (Lipinski definition) is 3. The van der Waals surface area contributed by atoms with Crippen LogP contribution in [0.25, 0.3) is 0 Å². The second kappa shape index (κ2) is 4.15. The monoisotopic (exact) mass is 209 g/mol. The van der Waals surface area contributed by atoms with Crippen molar-refractivity contribution in [1.82, 2.24) is 0 Å². The molecule has 0 aliphatic rings. The predicted molar refractivity (Wildman–Crippen MR) is 61.8 cm³/mol. The molecule has 1 rings (SSSR count). The number of hydrogen-bond donors (Lipinski definition) is 2. The first kappa shape index (κ1) is 11.3. The molecule has 0 saturated heterocycles. The summed E-state index contributed by atoms with van der Waals surface area (Å²) >= 11 is 4.29. The Morgan fingerprint density at radius 2 is 1.86 bits per heavy atom. The van der Waals surface area contributed by atoms with Crippen LogP contribution in [0.3, 0.4) is 0 Å². The van der Waals surface area contributed by atoms with Gasteiger partial charge >= 0.3 is 0 Å². The zero-order valence-electron chi connectivity index (χ0n) is 8.40. The van der Waals surface area contributed by atoms with Crippen LogP contribution in [0.2, 0.25) is 0 Å². The van der Waals surface area contributed by atoms with Crippen molar-refractivity contribution < 1.29 is 4.79 Å². The van der Waals surface area contributed by atoms with Gasteiger partial charge in [0.2, 0.25) is 0 Å². The average Bonchev–Trinajstić information content (AvgIpc) is 2.15. The van der Waals surface area contributed by atoms with Crippen molar-refractivity contribution in [2.24, 2.45) is 5.73 Å². The lowest BCUT2D eigenvalue weighted by Gasteiger charge is -2.24. The van der Waals surface area contributed by atoms with Gasteiger partial charge in [-0.25, -0.2) is 0 Å². The molecule has 0 fully saturated rings. The molecule has 3 heteroatoms. The van der Waals surface area contributed by atoms with Crippen LogP contribution in [0.15, 0.2) is 30.3 Å². The van der Waals surface area contributed by atoms with Gasteiger partial charge in [-0.2, -0.15) is 12.6 Å². The molecule has 0 aliphatic heterocycles. The van der Waals surface area contributed by atoms with Crippen molar-refractivity contribution in [2.45, 2.75) is 24.6 Å². The Balaban J connectivity index is 2.87. The number of nitrogens with two attached hydrogens (primary N) is 1. The molecule has 76 valence electrons. The van der Waals surface area contributed by atoms with Crippen molar-refractivity contribution >= 4 is 18.4 Å². The average molecular weight is 209 g/mol. The molecule has 0 saturated carbocycles. The highest BCUT2D eigenvalue weighted by Gasteiger charge is 2.28. The van der Waals surface area contributed by atoms with Crippen molar-refractivity contribution in [2.75, 3.05) is 0 Å². The van der Waals surface area contributed by atoms with Crippen molar-refractivity contribution in [3.8, 4) is 0 Å². The lowest BCUT2D eigenvalue weighted by Crippen LogP contribution is -2.45. The summed E-state index contributed by atoms with van der Waals surface area (Å²) in [6, 6.07) is 8.47. The highest BCUT2D eigenvalue weighted by atomic mass is 32.1. The van der Waals surface area contributed by atoms with E-state index in [0.29, 0.717) is 5.56 Å². The Hall–Kier alpha value is -0.800. The lowest BCUT2D eigenvalue weighted by atomic mass is 9.95. The maximum atomic E-state index is 11.8. The number of thiol groups is 1. The minimum absolute atomic E-state index is 0.0643. The third-order valence-corrected chi connectivity index (χ3v) is 2.38. The van der Waals surface area contributed by atoms with E-state index in [2.05, 4.69) is 12.6 Å². The van der Waals surface area contributed by atoms with E-state index >= 15 is 0 Å².